The van der Waals surface area contributed by atoms with E-state index in [1.165, 1.54) is 12.3 Å². The van der Waals surface area contributed by atoms with Gasteiger partial charge in [0.1, 0.15) is 21.6 Å². The lowest BCUT2D eigenvalue weighted by Gasteiger charge is -2.39. The van der Waals surface area contributed by atoms with Gasteiger partial charge in [-0.15, -0.1) is 0 Å². The molecule has 0 spiro atoms. The minimum absolute atomic E-state index is 0.00832. The molecule has 190 valence electrons. The van der Waals surface area contributed by atoms with Gasteiger partial charge >= 0.3 is 6.09 Å². The normalized spacial score (nSPS) is 21.7. The Morgan fingerprint density at radius 2 is 1.94 bits per heavy atom. The van der Waals surface area contributed by atoms with Crippen LogP contribution in [0.2, 0.25) is 0 Å². The molecule has 0 bridgehead atoms. The van der Waals surface area contributed by atoms with Gasteiger partial charge in [0.15, 0.2) is 5.69 Å². The van der Waals surface area contributed by atoms with Crippen LogP contribution in [0.25, 0.3) is 10.6 Å². The van der Waals surface area contributed by atoms with Gasteiger partial charge in [-0.3, -0.25) is 9.78 Å². The van der Waals surface area contributed by atoms with E-state index in [0.29, 0.717) is 12.1 Å². The zero-order valence-electron chi connectivity index (χ0n) is 19.4. The van der Waals surface area contributed by atoms with Crippen molar-refractivity contribution in [3.63, 3.8) is 0 Å². The van der Waals surface area contributed by atoms with E-state index in [1.807, 2.05) is 13.0 Å². The van der Waals surface area contributed by atoms with Crippen molar-refractivity contribution in [2.45, 2.75) is 31.7 Å². The molecule has 1 aliphatic carbocycles. The Balaban J connectivity index is 1.54. The number of nitrogens with zero attached hydrogens (tertiary/aromatic N) is 2. The van der Waals surface area contributed by atoms with Crippen LogP contribution in [-0.4, -0.2) is 34.6 Å². The van der Waals surface area contributed by atoms with Crippen molar-refractivity contribution in [2.75, 3.05) is 17.7 Å². The van der Waals surface area contributed by atoms with Crippen LogP contribution < -0.4 is 22.5 Å². The van der Waals surface area contributed by atoms with Crippen LogP contribution in [0.5, 0.6) is 0 Å². The lowest BCUT2D eigenvalue weighted by molar-refractivity contribution is 0.0872. The van der Waals surface area contributed by atoms with Crippen molar-refractivity contribution in [1.29, 1.82) is 0 Å². The number of hydrogen-bond donors (Lipinski definition) is 4. The number of benzene rings is 1. The zero-order chi connectivity index (χ0) is 26.0. The van der Waals surface area contributed by atoms with E-state index in [9.17, 15) is 18.4 Å². The molecule has 4 rings (SSSR count). The number of primary amides is 1. The molecule has 0 radical (unpaired) electrons. The van der Waals surface area contributed by atoms with Crippen molar-refractivity contribution >= 4 is 34.0 Å². The number of pyridine rings is 1. The van der Waals surface area contributed by atoms with Gasteiger partial charge in [-0.05, 0) is 48.4 Å². The van der Waals surface area contributed by atoms with Gasteiger partial charge in [0, 0.05) is 18.2 Å². The highest BCUT2D eigenvalue weighted by Gasteiger charge is 2.36. The molecule has 1 fully saturated rings. The number of nitrogen functional groups attached to an aromatic ring is 1. The SMILES string of the molecule is C[C@H]1C[C@@H](c2ccncc2NC(=O)c2nc(-c3c(F)cccc3F)sc2N)C[C@H](N)[C@H]1COC(N)=O. The maximum Gasteiger partial charge on any atom is 0.404 e. The number of anilines is 2. The molecule has 1 aliphatic rings. The summed E-state index contributed by atoms with van der Waals surface area (Å²) in [6, 6.07) is 5.02. The van der Waals surface area contributed by atoms with E-state index in [4.69, 9.17) is 21.9 Å². The summed E-state index contributed by atoms with van der Waals surface area (Å²) in [5.41, 5.74) is 18.3. The summed E-state index contributed by atoms with van der Waals surface area (Å²) in [5.74, 6) is -2.13. The van der Waals surface area contributed by atoms with E-state index < -0.39 is 23.6 Å². The maximum absolute atomic E-state index is 14.2. The predicted octanol–water partition coefficient (Wildman–Crippen LogP) is 3.87. The van der Waals surface area contributed by atoms with E-state index >= 15 is 0 Å². The van der Waals surface area contributed by atoms with Crippen molar-refractivity contribution in [3.8, 4) is 10.6 Å². The first-order chi connectivity index (χ1) is 17.2. The van der Waals surface area contributed by atoms with Crippen LogP contribution in [0.4, 0.5) is 24.3 Å². The molecule has 0 unspecified atom stereocenters. The van der Waals surface area contributed by atoms with Crippen LogP contribution in [0.3, 0.4) is 0 Å². The topological polar surface area (TPSA) is 159 Å². The second-order valence-corrected chi connectivity index (χ2v) is 9.88. The highest BCUT2D eigenvalue weighted by atomic mass is 32.1. The fourth-order valence-corrected chi connectivity index (χ4v) is 5.59. The van der Waals surface area contributed by atoms with Crippen molar-refractivity contribution < 1.29 is 23.1 Å². The second-order valence-electron chi connectivity index (χ2n) is 8.85. The lowest BCUT2D eigenvalue weighted by Crippen LogP contribution is -2.43. The number of rotatable bonds is 6. The molecule has 0 aliphatic heterocycles. The Morgan fingerprint density at radius 3 is 2.61 bits per heavy atom. The summed E-state index contributed by atoms with van der Waals surface area (Å²) >= 11 is 0.823. The minimum atomic E-state index is -0.835. The summed E-state index contributed by atoms with van der Waals surface area (Å²) in [6.45, 7) is 2.18. The first kappa shape index (κ1) is 25.5. The largest absolute Gasteiger partial charge is 0.449 e. The van der Waals surface area contributed by atoms with Crippen LogP contribution in [-0.2, 0) is 4.74 Å². The first-order valence-corrected chi connectivity index (χ1v) is 12.1. The molecule has 2 aromatic heterocycles. The third-order valence-electron chi connectivity index (χ3n) is 6.50. The number of nitrogens with two attached hydrogens (primary N) is 3. The number of halogens is 2. The Kier molecular flexibility index (Phi) is 7.45. The van der Waals surface area contributed by atoms with E-state index in [1.54, 1.807) is 6.20 Å². The zero-order valence-corrected chi connectivity index (χ0v) is 20.2. The second kappa shape index (κ2) is 10.5. The molecule has 36 heavy (non-hydrogen) atoms. The number of amides is 2. The molecule has 12 heteroatoms. The van der Waals surface area contributed by atoms with Crippen molar-refractivity contribution in [3.05, 3.63) is 59.6 Å². The van der Waals surface area contributed by atoms with Gasteiger partial charge in [0.25, 0.3) is 5.91 Å². The molecule has 9 nitrogen and oxygen atoms in total. The van der Waals surface area contributed by atoms with Gasteiger partial charge in [0.05, 0.1) is 24.1 Å². The predicted molar refractivity (Wildman–Crippen MR) is 132 cm³/mol. The standard InChI is InChI=1S/C24H26F2N6O3S/c1-11-7-12(8-17(27)14(11)10-35-24(29)34)13-5-6-30-9-18(13)31-22(33)20-21(28)36-23(32-20)19-15(25)3-2-4-16(19)26/h2-6,9,11-12,14,17H,7-8,10,27-28H2,1H3,(H2,29,34)(H,31,33)/t11-,12+,14-,17-/m0/s1. The fraction of sp³-hybridized carbons (Fsp3) is 0.333. The number of ether oxygens (including phenoxy) is 1. The summed E-state index contributed by atoms with van der Waals surface area (Å²) < 4.78 is 33.4. The Labute approximate surface area is 210 Å². The number of aromatic nitrogens is 2. The Morgan fingerprint density at radius 1 is 1.22 bits per heavy atom. The molecule has 1 saturated carbocycles. The fourth-order valence-electron chi connectivity index (χ4n) is 4.72. The molecule has 7 N–H and O–H groups in total. The van der Waals surface area contributed by atoms with Crippen LogP contribution >= 0.6 is 11.3 Å². The Bertz CT molecular complexity index is 1250. The van der Waals surface area contributed by atoms with Crippen molar-refractivity contribution in [2.24, 2.45) is 23.3 Å². The maximum atomic E-state index is 14.2. The molecule has 2 heterocycles. The lowest BCUT2D eigenvalue weighted by atomic mass is 9.70. The molecular weight excluding hydrogens is 490 g/mol. The van der Waals surface area contributed by atoms with E-state index in [-0.39, 0.29) is 51.7 Å². The number of thiazole rings is 1. The molecule has 4 atom stereocenters. The smallest absolute Gasteiger partial charge is 0.404 e. The highest BCUT2D eigenvalue weighted by Crippen LogP contribution is 2.41. The number of carbonyl (C=O) groups excluding carboxylic acids is 2. The summed E-state index contributed by atoms with van der Waals surface area (Å²) in [6.07, 6.45) is 3.64. The minimum Gasteiger partial charge on any atom is -0.449 e. The average molecular weight is 517 g/mol. The third-order valence-corrected chi connectivity index (χ3v) is 7.40. The average Bonchev–Trinajstić information content (AvgIpc) is 3.19. The third kappa shape index (κ3) is 5.29. The van der Waals surface area contributed by atoms with Gasteiger partial charge in [0.2, 0.25) is 0 Å². The van der Waals surface area contributed by atoms with Crippen LogP contribution in [0.15, 0.2) is 36.7 Å². The highest BCUT2D eigenvalue weighted by molar-refractivity contribution is 7.19. The van der Waals surface area contributed by atoms with Gasteiger partial charge in [-0.25, -0.2) is 18.6 Å². The Hall–Kier alpha value is -3.64. The molecule has 0 saturated heterocycles. The molecule has 3 aromatic rings. The molecule has 2 amide bonds. The number of hydrogen-bond acceptors (Lipinski definition) is 8. The van der Waals surface area contributed by atoms with Gasteiger partial charge in [-0.1, -0.05) is 24.3 Å². The quantitative estimate of drug-likeness (QED) is 0.387. The van der Waals surface area contributed by atoms with E-state index in [0.717, 1.165) is 35.5 Å². The van der Waals surface area contributed by atoms with Crippen LogP contribution in [0, 0.1) is 23.5 Å². The molecular formula is C24H26F2N6O3S. The number of nitrogens with one attached hydrogen (secondary N) is 1. The van der Waals surface area contributed by atoms with Gasteiger partial charge < -0.3 is 27.3 Å². The molecule has 1 aromatic carbocycles. The monoisotopic (exact) mass is 516 g/mol. The van der Waals surface area contributed by atoms with E-state index in [2.05, 4.69) is 15.3 Å². The first-order valence-electron chi connectivity index (χ1n) is 11.3. The number of carbonyl (C=O) groups is 2. The van der Waals surface area contributed by atoms with Gasteiger partial charge in [-0.2, -0.15) is 0 Å². The van der Waals surface area contributed by atoms with Crippen molar-refractivity contribution in [1.82, 2.24) is 9.97 Å². The summed E-state index contributed by atoms with van der Waals surface area (Å²) in [7, 11) is 0. The summed E-state index contributed by atoms with van der Waals surface area (Å²) in [5, 5.41) is 2.79. The summed E-state index contributed by atoms with van der Waals surface area (Å²) in [4.78, 5) is 32.3. The van der Waals surface area contributed by atoms with Crippen LogP contribution in [0.1, 0.15) is 41.7 Å².